The Kier molecular flexibility index (Phi) is 5.13. The molecule has 0 aliphatic heterocycles. The third-order valence-electron chi connectivity index (χ3n) is 1.87. The van der Waals surface area contributed by atoms with E-state index in [4.69, 9.17) is 16.3 Å². The Morgan fingerprint density at radius 1 is 1.33 bits per heavy atom. The SMILES string of the molecule is CNC(=O)NC(=O)COC(=O)c1cccc(Cl)c1. The van der Waals surface area contributed by atoms with Crippen molar-refractivity contribution in [3.05, 3.63) is 34.9 Å². The van der Waals surface area contributed by atoms with Crippen LogP contribution >= 0.6 is 11.6 Å². The van der Waals surface area contributed by atoms with Gasteiger partial charge in [-0.05, 0) is 18.2 Å². The Balaban J connectivity index is 2.46. The third-order valence-corrected chi connectivity index (χ3v) is 2.11. The number of hydrogen-bond acceptors (Lipinski definition) is 4. The zero-order valence-corrected chi connectivity index (χ0v) is 10.3. The lowest BCUT2D eigenvalue weighted by molar-refractivity contribution is -0.123. The van der Waals surface area contributed by atoms with E-state index in [1.807, 2.05) is 5.32 Å². The highest BCUT2D eigenvalue weighted by molar-refractivity contribution is 6.30. The van der Waals surface area contributed by atoms with Crippen LogP contribution in [0.1, 0.15) is 10.4 Å². The van der Waals surface area contributed by atoms with Gasteiger partial charge in [-0.2, -0.15) is 0 Å². The fourth-order valence-corrected chi connectivity index (χ4v) is 1.25. The molecule has 0 saturated heterocycles. The van der Waals surface area contributed by atoms with E-state index in [2.05, 4.69) is 5.32 Å². The lowest BCUT2D eigenvalue weighted by Crippen LogP contribution is -2.39. The molecule has 0 fully saturated rings. The molecule has 0 aliphatic rings. The van der Waals surface area contributed by atoms with Crippen molar-refractivity contribution in [1.29, 1.82) is 0 Å². The number of imide groups is 1. The standard InChI is InChI=1S/C11H11ClN2O4/c1-13-11(17)14-9(15)6-18-10(16)7-3-2-4-8(12)5-7/h2-5H,6H2,1H3,(H2,13,14,15,17). The molecule has 1 aromatic carbocycles. The van der Waals surface area contributed by atoms with Gasteiger partial charge in [-0.15, -0.1) is 0 Å². The maximum Gasteiger partial charge on any atom is 0.338 e. The number of halogens is 1. The number of ether oxygens (including phenoxy) is 1. The summed E-state index contributed by atoms with van der Waals surface area (Å²) in [5.74, 6) is -1.41. The van der Waals surface area contributed by atoms with E-state index < -0.39 is 24.5 Å². The molecule has 96 valence electrons. The van der Waals surface area contributed by atoms with Crippen molar-refractivity contribution < 1.29 is 19.1 Å². The molecule has 0 spiro atoms. The summed E-state index contributed by atoms with van der Waals surface area (Å²) < 4.78 is 4.70. The molecule has 18 heavy (non-hydrogen) atoms. The van der Waals surface area contributed by atoms with Crippen LogP contribution in [0.2, 0.25) is 5.02 Å². The molecule has 7 heteroatoms. The van der Waals surface area contributed by atoms with Crippen molar-refractivity contribution >= 4 is 29.5 Å². The van der Waals surface area contributed by atoms with Crippen LogP contribution in [0.25, 0.3) is 0 Å². The van der Waals surface area contributed by atoms with E-state index in [1.165, 1.54) is 19.2 Å². The quantitative estimate of drug-likeness (QED) is 0.801. The van der Waals surface area contributed by atoms with Crippen molar-refractivity contribution in [3.8, 4) is 0 Å². The van der Waals surface area contributed by atoms with E-state index in [0.29, 0.717) is 5.02 Å². The van der Waals surface area contributed by atoms with Gasteiger partial charge in [0, 0.05) is 12.1 Å². The van der Waals surface area contributed by atoms with Gasteiger partial charge in [-0.25, -0.2) is 9.59 Å². The van der Waals surface area contributed by atoms with Gasteiger partial charge in [0.05, 0.1) is 5.56 Å². The van der Waals surface area contributed by atoms with Crippen molar-refractivity contribution in [1.82, 2.24) is 10.6 Å². The van der Waals surface area contributed by atoms with Crippen LogP contribution in [0.15, 0.2) is 24.3 Å². The molecule has 2 N–H and O–H groups in total. The van der Waals surface area contributed by atoms with Crippen molar-refractivity contribution in [2.75, 3.05) is 13.7 Å². The fraction of sp³-hybridized carbons (Fsp3) is 0.182. The minimum absolute atomic E-state index is 0.232. The summed E-state index contributed by atoms with van der Waals surface area (Å²) in [6.07, 6.45) is 0. The van der Waals surface area contributed by atoms with Gasteiger partial charge in [0.25, 0.3) is 5.91 Å². The van der Waals surface area contributed by atoms with Crippen molar-refractivity contribution in [2.24, 2.45) is 0 Å². The molecule has 0 aliphatic carbocycles. The van der Waals surface area contributed by atoms with Crippen LogP contribution in [0.3, 0.4) is 0 Å². The summed E-state index contributed by atoms with van der Waals surface area (Å²) >= 11 is 5.70. The summed E-state index contributed by atoms with van der Waals surface area (Å²) in [5.41, 5.74) is 0.232. The smallest absolute Gasteiger partial charge is 0.338 e. The molecule has 1 aromatic rings. The van der Waals surface area contributed by atoms with Gasteiger partial charge >= 0.3 is 12.0 Å². The monoisotopic (exact) mass is 270 g/mol. The zero-order valence-electron chi connectivity index (χ0n) is 9.53. The number of urea groups is 1. The summed E-state index contributed by atoms with van der Waals surface area (Å²) in [6.45, 7) is -0.543. The van der Waals surface area contributed by atoms with E-state index in [1.54, 1.807) is 12.1 Å². The van der Waals surface area contributed by atoms with Crippen molar-refractivity contribution in [2.45, 2.75) is 0 Å². The minimum Gasteiger partial charge on any atom is -0.452 e. The average Bonchev–Trinajstić information content (AvgIpc) is 2.35. The van der Waals surface area contributed by atoms with E-state index in [9.17, 15) is 14.4 Å². The average molecular weight is 271 g/mol. The summed E-state index contributed by atoms with van der Waals surface area (Å²) in [7, 11) is 1.36. The normalized spacial score (nSPS) is 9.44. The first-order valence-electron chi connectivity index (χ1n) is 4.97. The maximum absolute atomic E-state index is 11.5. The Labute approximate surface area is 108 Å². The Bertz CT molecular complexity index is 476. The topological polar surface area (TPSA) is 84.5 Å². The number of carbonyl (C=O) groups excluding carboxylic acids is 3. The van der Waals surface area contributed by atoms with Crippen LogP contribution in [0, 0.1) is 0 Å². The Morgan fingerprint density at radius 2 is 2.06 bits per heavy atom. The van der Waals surface area contributed by atoms with Crippen LogP contribution in [-0.2, 0) is 9.53 Å². The molecule has 0 radical (unpaired) electrons. The van der Waals surface area contributed by atoms with E-state index in [-0.39, 0.29) is 5.56 Å². The van der Waals surface area contributed by atoms with Gasteiger partial charge in [0.1, 0.15) is 0 Å². The zero-order chi connectivity index (χ0) is 13.5. The Morgan fingerprint density at radius 3 is 2.67 bits per heavy atom. The largest absolute Gasteiger partial charge is 0.452 e. The molecule has 0 heterocycles. The van der Waals surface area contributed by atoms with Gasteiger partial charge in [0.15, 0.2) is 6.61 Å². The first-order chi connectivity index (χ1) is 8.52. The molecule has 0 aromatic heterocycles. The first kappa shape index (κ1) is 14.0. The summed E-state index contributed by atoms with van der Waals surface area (Å²) in [4.78, 5) is 33.4. The molecular formula is C11H11ClN2O4. The van der Waals surface area contributed by atoms with Gasteiger partial charge < -0.3 is 10.1 Å². The summed E-state index contributed by atoms with van der Waals surface area (Å²) in [6, 6.07) is 5.45. The number of rotatable bonds is 3. The van der Waals surface area contributed by atoms with E-state index in [0.717, 1.165) is 0 Å². The number of hydrogen-bond donors (Lipinski definition) is 2. The second-order valence-corrected chi connectivity index (χ2v) is 3.65. The highest BCUT2D eigenvalue weighted by Gasteiger charge is 2.11. The van der Waals surface area contributed by atoms with E-state index >= 15 is 0 Å². The van der Waals surface area contributed by atoms with Gasteiger partial charge in [-0.1, -0.05) is 17.7 Å². The van der Waals surface area contributed by atoms with Crippen LogP contribution in [-0.4, -0.2) is 31.6 Å². The number of amides is 3. The maximum atomic E-state index is 11.5. The lowest BCUT2D eigenvalue weighted by Gasteiger charge is -2.05. The molecular weight excluding hydrogens is 260 g/mol. The number of carbonyl (C=O) groups is 3. The van der Waals surface area contributed by atoms with Gasteiger partial charge in [-0.3, -0.25) is 10.1 Å². The second-order valence-electron chi connectivity index (χ2n) is 3.21. The lowest BCUT2D eigenvalue weighted by atomic mass is 10.2. The number of esters is 1. The predicted octanol–water partition coefficient (Wildman–Crippen LogP) is 0.952. The molecule has 0 unspecified atom stereocenters. The van der Waals surface area contributed by atoms with Crippen molar-refractivity contribution in [3.63, 3.8) is 0 Å². The predicted molar refractivity (Wildman–Crippen MR) is 64.3 cm³/mol. The third kappa shape index (κ3) is 4.42. The minimum atomic E-state index is -0.718. The molecule has 3 amide bonds. The first-order valence-corrected chi connectivity index (χ1v) is 5.35. The second kappa shape index (κ2) is 6.61. The Hall–Kier alpha value is -2.08. The van der Waals surface area contributed by atoms with Crippen LogP contribution in [0.4, 0.5) is 4.79 Å². The number of nitrogens with one attached hydrogen (secondary N) is 2. The van der Waals surface area contributed by atoms with Gasteiger partial charge in [0.2, 0.25) is 0 Å². The molecule has 1 rings (SSSR count). The molecule has 0 atom stereocenters. The van der Waals surface area contributed by atoms with Crippen LogP contribution in [0.5, 0.6) is 0 Å². The summed E-state index contributed by atoms with van der Waals surface area (Å²) in [5, 5.41) is 4.54. The number of benzene rings is 1. The molecule has 6 nitrogen and oxygen atoms in total. The van der Waals surface area contributed by atoms with Crippen LogP contribution < -0.4 is 10.6 Å². The molecule has 0 saturated carbocycles. The highest BCUT2D eigenvalue weighted by Crippen LogP contribution is 2.11. The molecule has 0 bridgehead atoms. The fourth-order valence-electron chi connectivity index (χ4n) is 1.06. The highest BCUT2D eigenvalue weighted by atomic mass is 35.5.